The number of rotatable bonds is 4. The zero-order valence-corrected chi connectivity index (χ0v) is 11.5. The maximum absolute atomic E-state index is 13.2. The van der Waals surface area contributed by atoms with E-state index in [0.29, 0.717) is 19.6 Å². The Morgan fingerprint density at radius 3 is 1.18 bits per heavy atom. The Hall–Kier alpha value is 0.137. The highest BCUT2D eigenvalue weighted by Crippen LogP contribution is 2.56. The summed E-state index contributed by atoms with van der Waals surface area (Å²) in [5, 5.41) is 0. The third kappa shape index (κ3) is 2.47. The van der Waals surface area contributed by atoms with Crippen LogP contribution in [0, 0.1) is 0 Å². The Morgan fingerprint density at radius 2 is 1.00 bits per heavy atom. The number of alkyl halides is 9. The largest absolute Gasteiger partial charge is 0.387 e. The van der Waals surface area contributed by atoms with Crippen LogP contribution >= 0.6 is 15.9 Å². The first-order valence-electron chi connectivity index (χ1n) is 4.20. The summed E-state index contributed by atoms with van der Waals surface area (Å²) in [5.41, 5.74) is -5.18. The summed E-state index contributed by atoms with van der Waals surface area (Å²) in [7, 11) is -4.13. The number of hydrogen-bond donors (Lipinski definition) is 0. The molecule has 0 radical (unpaired) electrons. The van der Waals surface area contributed by atoms with E-state index in [9.17, 15) is 35.1 Å². The van der Waals surface area contributed by atoms with E-state index in [1.165, 1.54) is 0 Å². The van der Waals surface area contributed by atoms with E-state index in [-0.39, 0.29) is 0 Å². The molecule has 0 aliphatic rings. The first kappa shape index (κ1) is 17.1. The lowest BCUT2D eigenvalue weighted by atomic mass is 10.2. The summed E-state index contributed by atoms with van der Waals surface area (Å²) in [6.45, 7) is 2.05. The summed E-state index contributed by atoms with van der Waals surface area (Å²) >= 11 is 1.01. The maximum Gasteiger partial charge on any atom is 0.387 e. The minimum Gasteiger partial charge on any atom is -0.205 e. The Kier molecular flexibility index (Phi) is 4.10. The quantitative estimate of drug-likeness (QED) is 0.389. The number of hydrogen-bond acceptors (Lipinski definition) is 0. The molecule has 0 atom stereocenters. The predicted octanol–water partition coefficient (Wildman–Crippen LogP) is 4.76. The maximum atomic E-state index is 13.2. The van der Waals surface area contributed by atoms with Crippen LogP contribution in [0.5, 0.6) is 0 Å². The fourth-order valence-electron chi connectivity index (χ4n) is 0.846. The van der Waals surface area contributed by atoms with Gasteiger partial charge < -0.3 is 0 Å². The molecule has 0 aromatic carbocycles. The van der Waals surface area contributed by atoms with Gasteiger partial charge in [0.25, 0.3) is 5.55 Å². The third-order valence-corrected chi connectivity index (χ3v) is 4.78. The molecule has 0 saturated carbocycles. The lowest BCUT2D eigenvalue weighted by molar-refractivity contribution is -0.325. The van der Waals surface area contributed by atoms with Gasteiger partial charge in [0.05, 0.1) is 0 Å². The zero-order valence-electron chi connectivity index (χ0n) is 8.90. The standard InChI is InChI=1S/C7H9BrF8Si/c1-17(2,3)7(15,16)5(11,12)4(9,10)6(8,13)14/h1-3H3. The monoisotopic (exact) mass is 352 g/mol. The van der Waals surface area contributed by atoms with Crippen LogP contribution in [0.1, 0.15) is 0 Å². The van der Waals surface area contributed by atoms with Crippen molar-refractivity contribution in [3.05, 3.63) is 0 Å². The van der Waals surface area contributed by atoms with Crippen molar-refractivity contribution in [3.8, 4) is 0 Å². The summed E-state index contributed by atoms with van der Waals surface area (Å²) in [5.74, 6) is -12.3. The predicted molar refractivity (Wildman–Crippen MR) is 52.1 cm³/mol. The normalized spacial score (nSPS) is 16.2. The van der Waals surface area contributed by atoms with Gasteiger partial charge in [-0.15, -0.1) is 0 Å². The molecule has 0 heterocycles. The van der Waals surface area contributed by atoms with E-state index >= 15 is 0 Å². The molecule has 0 N–H and O–H groups in total. The first-order valence-corrected chi connectivity index (χ1v) is 8.49. The third-order valence-electron chi connectivity index (χ3n) is 2.09. The number of halogens is 9. The Balaban J connectivity index is 5.73. The highest BCUT2D eigenvalue weighted by molar-refractivity contribution is 9.10. The van der Waals surface area contributed by atoms with Gasteiger partial charge in [0.2, 0.25) is 0 Å². The van der Waals surface area contributed by atoms with Crippen LogP contribution in [0.25, 0.3) is 0 Å². The Labute approximate surface area is 102 Å². The van der Waals surface area contributed by atoms with Gasteiger partial charge in [-0.3, -0.25) is 0 Å². The fraction of sp³-hybridized carbons (Fsp3) is 1.00. The van der Waals surface area contributed by atoms with E-state index in [4.69, 9.17) is 0 Å². The molecule has 104 valence electrons. The lowest BCUT2D eigenvalue weighted by Crippen LogP contribution is -2.67. The van der Waals surface area contributed by atoms with Crippen molar-refractivity contribution in [2.24, 2.45) is 0 Å². The van der Waals surface area contributed by atoms with E-state index in [1.807, 2.05) is 0 Å². The van der Waals surface area contributed by atoms with Crippen molar-refractivity contribution in [3.63, 3.8) is 0 Å². The van der Waals surface area contributed by atoms with Crippen molar-refractivity contribution in [1.82, 2.24) is 0 Å². The second-order valence-corrected chi connectivity index (χ2v) is 10.6. The van der Waals surface area contributed by atoms with Gasteiger partial charge in [-0.1, -0.05) is 19.6 Å². The van der Waals surface area contributed by atoms with E-state index in [2.05, 4.69) is 0 Å². The average Bonchev–Trinajstić information content (AvgIpc) is 1.98. The fourth-order valence-corrected chi connectivity index (χ4v) is 2.19. The molecule has 0 fully saturated rings. The van der Waals surface area contributed by atoms with Crippen LogP contribution in [-0.4, -0.2) is 30.3 Å². The van der Waals surface area contributed by atoms with Crippen LogP contribution in [0.2, 0.25) is 19.6 Å². The van der Waals surface area contributed by atoms with Crippen LogP contribution in [-0.2, 0) is 0 Å². The van der Waals surface area contributed by atoms with Crippen molar-refractivity contribution >= 4 is 24.0 Å². The van der Waals surface area contributed by atoms with Gasteiger partial charge in [0.15, 0.2) is 0 Å². The smallest absolute Gasteiger partial charge is 0.205 e. The van der Waals surface area contributed by atoms with Gasteiger partial charge >= 0.3 is 16.7 Å². The summed E-state index contributed by atoms with van der Waals surface area (Å²) in [6.07, 6.45) is 0. The molecule has 0 saturated heterocycles. The zero-order chi connectivity index (χ0) is 14.5. The molecule has 0 aliphatic heterocycles. The summed E-state index contributed by atoms with van der Waals surface area (Å²) < 4.78 is 102. The van der Waals surface area contributed by atoms with Gasteiger partial charge in [-0.25, -0.2) is 8.78 Å². The minimum absolute atomic E-state index is 0.684. The highest BCUT2D eigenvalue weighted by atomic mass is 79.9. The SMILES string of the molecule is C[Si](C)(C)C(F)(F)C(F)(F)C(F)(F)C(F)(F)Br. The van der Waals surface area contributed by atoms with Gasteiger partial charge in [-0.05, 0) is 15.9 Å². The molecule has 0 rings (SSSR count). The molecular formula is C7H9BrF8Si. The first-order chi connectivity index (χ1) is 7.00. The van der Waals surface area contributed by atoms with Gasteiger partial charge in [0, 0.05) is 0 Å². The van der Waals surface area contributed by atoms with Gasteiger partial charge in [-0.2, -0.15) is 26.3 Å². The van der Waals surface area contributed by atoms with Crippen LogP contribution in [0.3, 0.4) is 0 Å². The molecular weight excluding hydrogens is 344 g/mol. The molecule has 10 heteroatoms. The molecule has 0 aromatic heterocycles. The van der Waals surface area contributed by atoms with Crippen LogP contribution < -0.4 is 0 Å². The van der Waals surface area contributed by atoms with Crippen LogP contribution in [0.4, 0.5) is 35.1 Å². The lowest BCUT2D eigenvalue weighted by Gasteiger charge is -2.40. The van der Waals surface area contributed by atoms with Crippen molar-refractivity contribution in [2.45, 2.75) is 41.9 Å². The molecule has 0 amide bonds. The van der Waals surface area contributed by atoms with Crippen LogP contribution in [0.15, 0.2) is 0 Å². The molecule has 0 bridgehead atoms. The second-order valence-electron chi connectivity index (χ2n) is 4.47. The molecule has 0 unspecified atom stereocenters. The minimum atomic E-state index is -6.19. The molecule has 0 spiro atoms. The van der Waals surface area contributed by atoms with E-state index in [1.54, 1.807) is 0 Å². The topological polar surface area (TPSA) is 0 Å². The van der Waals surface area contributed by atoms with E-state index < -0.39 is 30.3 Å². The van der Waals surface area contributed by atoms with Crippen molar-refractivity contribution in [1.29, 1.82) is 0 Å². The average molecular weight is 353 g/mol. The second kappa shape index (κ2) is 4.07. The molecule has 0 nitrogen and oxygen atoms in total. The van der Waals surface area contributed by atoms with Gasteiger partial charge in [0.1, 0.15) is 8.07 Å². The highest BCUT2D eigenvalue weighted by Gasteiger charge is 2.82. The summed E-state index contributed by atoms with van der Waals surface area (Å²) in [6, 6.07) is 0. The van der Waals surface area contributed by atoms with Crippen molar-refractivity contribution in [2.75, 3.05) is 0 Å². The molecule has 0 aliphatic carbocycles. The Bertz CT molecular complexity index is 261. The van der Waals surface area contributed by atoms with E-state index in [0.717, 1.165) is 15.9 Å². The Morgan fingerprint density at radius 1 is 0.706 bits per heavy atom. The molecule has 0 aromatic rings. The van der Waals surface area contributed by atoms with Crippen molar-refractivity contribution < 1.29 is 35.1 Å². The summed E-state index contributed by atoms with van der Waals surface area (Å²) in [4.78, 5) is -5.42. The molecule has 17 heavy (non-hydrogen) atoms.